The second kappa shape index (κ2) is 5.65. The second-order valence-electron chi connectivity index (χ2n) is 4.49. The second-order valence-corrected chi connectivity index (χ2v) is 4.49. The first kappa shape index (κ1) is 11.9. The van der Waals surface area contributed by atoms with Crippen molar-refractivity contribution in [2.45, 2.75) is 19.3 Å². The molecule has 0 saturated heterocycles. The van der Waals surface area contributed by atoms with Gasteiger partial charge in [0.05, 0.1) is 18.2 Å². The third-order valence-electron chi connectivity index (χ3n) is 3.43. The van der Waals surface area contributed by atoms with Gasteiger partial charge in [-0.2, -0.15) is 5.26 Å². The van der Waals surface area contributed by atoms with Gasteiger partial charge < -0.3 is 10.5 Å². The Hall–Kier alpha value is -1.60. The van der Waals surface area contributed by atoms with E-state index in [-0.39, 0.29) is 0 Å². The number of ether oxygens (including phenoxy) is 1. The van der Waals surface area contributed by atoms with Gasteiger partial charge in [0.1, 0.15) is 0 Å². The van der Waals surface area contributed by atoms with Crippen molar-refractivity contribution in [3.05, 3.63) is 23.9 Å². The molecule has 0 radical (unpaired) electrons. The molecule has 90 valence electrons. The van der Waals surface area contributed by atoms with Crippen molar-refractivity contribution >= 4 is 0 Å². The normalized spacial score (nSPS) is 23.3. The van der Waals surface area contributed by atoms with E-state index >= 15 is 0 Å². The Kier molecular flexibility index (Phi) is 3.94. The molecule has 1 aliphatic carbocycles. The van der Waals surface area contributed by atoms with Gasteiger partial charge in [0.2, 0.25) is 5.88 Å². The van der Waals surface area contributed by atoms with Crippen molar-refractivity contribution in [2.75, 3.05) is 13.2 Å². The third kappa shape index (κ3) is 2.95. The van der Waals surface area contributed by atoms with Gasteiger partial charge in [0.25, 0.3) is 0 Å². The molecule has 1 saturated carbocycles. The van der Waals surface area contributed by atoms with Crippen LogP contribution in [-0.4, -0.2) is 18.1 Å². The van der Waals surface area contributed by atoms with E-state index in [9.17, 15) is 0 Å². The van der Waals surface area contributed by atoms with Crippen molar-refractivity contribution < 1.29 is 4.74 Å². The number of aromatic nitrogens is 1. The molecule has 0 amide bonds. The van der Waals surface area contributed by atoms with Gasteiger partial charge in [-0.1, -0.05) is 6.42 Å². The Morgan fingerprint density at radius 2 is 2.29 bits per heavy atom. The average molecular weight is 231 g/mol. The maximum atomic E-state index is 8.77. The Labute approximate surface area is 101 Å². The van der Waals surface area contributed by atoms with E-state index in [2.05, 4.69) is 11.1 Å². The summed E-state index contributed by atoms with van der Waals surface area (Å²) in [5.41, 5.74) is 6.30. The van der Waals surface area contributed by atoms with E-state index < -0.39 is 0 Å². The molecule has 2 rings (SSSR count). The molecular formula is C13H17N3O. The van der Waals surface area contributed by atoms with Gasteiger partial charge in [-0.25, -0.2) is 4.98 Å². The predicted octanol–water partition coefficient (Wildman–Crippen LogP) is 1.71. The monoisotopic (exact) mass is 231 g/mol. The molecule has 1 aromatic rings. The number of hydrogen-bond donors (Lipinski definition) is 1. The van der Waals surface area contributed by atoms with E-state index in [1.54, 1.807) is 18.3 Å². The van der Waals surface area contributed by atoms with Crippen LogP contribution in [0, 0.1) is 23.2 Å². The lowest BCUT2D eigenvalue weighted by Crippen LogP contribution is -2.23. The lowest BCUT2D eigenvalue weighted by molar-refractivity contribution is 0.210. The highest BCUT2D eigenvalue weighted by Crippen LogP contribution is 2.31. The molecule has 2 atom stereocenters. The molecule has 1 aromatic heterocycles. The van der Waals surface area contributed by atoms with Crippen molar-refractivity contribution in [1.82, 2.24) is 4.98 Å². The summed E-state index contributed by atoms with van der Waals surface area (Å²) in [6, 6.07) is 5.42. The molecule has 4 heteroatoms. The van der Waals surface area contributed by atoms with E-state index in [1.807, 2.05) is 0 Å². The maximum Gasteiger partial charge on any atom is 0.214 e. The number of nitrogens with zero attached hydrogens (tertiary/aromatic N) is 2. The fourth-order valence-corrected chi connectivity index (χ4v) is 2.39. The van der Waals surface area contributed by atoms with Crippen molar-refractivity contribution in [3.63, 3.8) is 0 Å². The fraction of sp³-hybridized carbons (Fsp3) is 0.538. The molecule has 2 N–H and O–H groups in total. The summed E-state index contributed by atoms with van der Waals surface area (Å²) in [5, 5.41) is 8.77. The SMILES string of the molecule is N#Cc1ccnc(OCC2CCCC2CN)c1. The Morgan fingerprint density at radius 3 is 3.06 bits per heavy atom. The largest absolute Gasteiger partial charge is 0.477 e. The molecule has 17 heavy (non-hydrogen) atoms. The predicted molar refractivity (Wildman–Crippen MR) is 64.3 cm³/mol. The zero-order valence-corrected chi connectivity index (χ0v) is 9.80. The lowest BCUT2D eigenvalue weighted by Gasteiger charge is -2.17. The van der Waals surface area contributed by atoms with E-state index in [1.165, 1.54) is 19.3 Å². The van der Waals surface area contributed by atoms with Crippen LogP contribution in [0.1, 0.15) is 24.8 Å². The Morgan fingerprint density at radius 1 is 1.47 bits per heavy atom. The van der Waals surface area contributed by atoms with E-state index in [0.29, 0.717) is 29.9 Å². The molecule has 0 aliphatic heterocycles. The smallest absolute Gasteiger partial charge is 0.214 e. The van der Waals surface area contributed by atoms with E-state index in [4.69, 9.17) is 15.7 Å². The summed E-state index contributed by atoms with van der Waals surface area (Å²) in [5.74, 6) is 1.65. The number of nitriles is 1. The summed E-state index contributed by atoms with van der Waals surface area (Å²) in [7, 11) is 0. The molecular weight excluding hydrogens is 214 g/mol. The van der Waals surface area contributed by atoms with Crippen LogP contribution in [0.2, 0.25) is 0 Å². The van der Waals surface area contributed by atoms with Crippen molar-refractivity contribution in [1.29, 1.82) is 5.26 Å². The van der Waals surface area contributed by atoms with Crippen LogP contribution in [0.15, 0.2) is 18.3 Å². The summed E-state index contributed by atoms with van der Waals surface area (Å²) in [6.07, 6.45) is 5.22. The minimum atomic E-state index is 0.534. The standard InChI is InChI=1S/C13H17N3O/c14-7-10-4-5-16-13(6-10)17-9-12-3-1-2-11(12)8-15/h4-6,11-12H,1-3,8-9,15H2. The van der Waals surface area contributed by atoms with Crippen LogP contribution in [0.3, 0.4) is 0 Å². The van der Waals surface area contributed by atoms with Crippen LogP contribution in [0.25, 0.3) is 0 Å². The highest BCUT2D eigenvalue weighted by atomic mass is 16.5. The zero-order chi connectivity index (χ0) is 12.1. The van der Waals surface area contributed by atoms with Crippen molar-refractivity contribution in [3.8, 4) is 11.9 Å². The third-order valence-corrected chi connectivity index (χ3v) is 3.43. The molecule has 0 bridgehead atoms. The van der Waals surface area contributed by atoms with Gasteiger partial charge in [-0.15, -0.1) is 0 Å². The van der Waals surface area contributed by atoms with Gasteiger partial charge in [-0.3, -0.25) is 0 Å². The molecule has 4 nitrogen and oxygen atoms in total. The van der Waals surface area contributed by atoms with Crippen LogP contribution in [-0.2, 0) is 0 Å². The van der Waals surface area contributed by atoms with Gasteiger partial charge >= 0.3 is 0 Å². The molecule has 1 fully saturated rings. The summed E-state index contributed by atoms with van der Waals surface area (Å²) < 4.78 is 5.65. The summed E-state index contributed by atoms with van der Waals surface area (Å²) in [6.45, 7) is 1.39. The number of pyridine rings is 1. The van der Waals surface area contributed by atoms with E-state index in [0.717, 1.165) is 6.54 Å². The topological polar surface area (TPSA) is 71.9 Å². The Bertz CT molecular complexity index is 413. The first-order valence-corrected chi connectivity index (χ1v) is 6.02. The van der Waals surface area contributed by atoms with Crippen LogP contribution in [0.4, 0.5) is 0 Å². The first-order valence-electron chi connectivity index (χ1n) is 6.02. The fourth-order valence-electron chi connectivity index (χ4n) is 2.39. The Balaban J connectivity index is 1.91. The molecule has 0 spiro atoms. The quantitative estimate of drug-likeness (QED) is 0.856. The summed E-state index contributed by atoms with van der Waals surface area (Å²) >= 11 is 0. The maximum absolute atomic E-state index is 8.77. The first-order chi connectivity index (χ1) is 8.33. The molecule has 1 aliphatic rings. The zero-order valence-electron chi connectivity index (χ0n) is 9.80. The number of hydrogen-bond acceptors (Lipinski definition) is 4. The lowest BCUT2D eigenvalue weighted by atomic mass is 9.97. The highest BCUT2D eigenvalue weighted by molar-refractivity contribution is 5.31. The van der Waals surface area contributed by atoms with Crippen LogP contribution >= 0.6 is 0 Å². The highest BCUT2D eigenvalue weighted by Gasteiger charge is 2.26. The molecule has 0 aromatic carbocycles. The van der Waals surface area contributed by atoms with Crippen molar-refractivity contribution in [2.24, 2.45) is 17.6 Å². The number of nitrogens with two attached hydrogens (primary N) is 1. The van der Waals surface area contributed by atoms with Crippen LogP contribution < -0.4 is 10.5 Å². The van der Waals surface area contributed by atoms with Gasteiger partial charge in [0.15, 0.2) is 0 Å². The minimum absolute atomic E-state index is 0.534. The minimum Gasteiger partial charge on any atom is -0.477 e. The van der Waals surface area contributed by atoms with Gasteiger partial charge in [-0.05, 0) is 37.3 Å². The van der Waals surface area contributed by atoms with Gasteiger partial charge in [0, 0.05) is 12.3 Å². The van der Waals surface area contributed by atoms with Crippen LogP contribution in [0.5, 0.6) is 5.88 Å². The number of rotatable bonds is 4. The molecule has 1 heterocycles. The molecule has 2 unspecified atom stereocenters. The average Bonchev–Trinajstić information content (AvgIpc) is 2.84. The summed E-state index contributed by atoms with van der Waals surface area (Å²) in [4.78, 5) is 4.09.